The topological polar surface area (TPSA) is 24.9 Å². The number of thiazole rings is 1. The molecule has 0 aliphatic rings. The van der Waals surface area contributed by atoms with Gasteiger partial charge in [0.1, 0.15) is 5.82 Å². The summed E-state index contributed by atoms with van der Waals surface area (Å²) < 4.78 is 13.5. The highest BCUT2D eigenvalue weighted by molar-refractivity contribution is 7.09. The summed E-state index contributed by atoms with van der Waals surface area (Å²) in [7, 11) is 0. The van der Waals surface area contributed by atoms with E-state index in [2.05, 4.69) is 22.6 Å². The number of nitrogens with one attached hydrogen (secondary N) is 1. The van der Waals surface area contributed by atoms with E-state index in [1.165, 1.54) is 0 Å². The molecule has 0 saturated heterocycles. The quantitative estimate of drug-likeness (QED) is 0.900. The molecule has 1 aromatic carbocycles. The van der Waals surface area contributed by atoms with Gasteiger partial charge < -0.3 is 5.32 Å². The molecule has 0 amide bonds. The van der Waals surface area contributed by atoms with Crippen LogP contribution >= 0.6 is 11.3 Å². The number of benzene rings is 1. The Balaban J connectivity index is 2.23. The van der Waals surface area contributed by atoms with E-state index in [9.17, 15) is 4.39 Å². The van der Waals surface area contributed by atoms with E-state index in [1.807, 2.05) is 19.9 Å². The van der Waals surface area contributed by atoms with Gasteiger partial charge in [-0.2, -0.15) is 0 Å². The van der Waals surface area contributed by atoms with Crippen molar-refractivity contribution in [2.45, 2.75) is 33.2 Å². The number of nitrogens with zero attached hydrogens (tertiary/aromatic N) is 1. The number of aromatic nitrogens is 1. The summed E-state index contributed by atoms with van der Waals surface area (Å²) in [5.41, 5.74) is 2.99. The first kappa shape index (κ1) is 14.2. The van der Waals surface area contributed by atoms with E-state index in [1.54, 1.807) is 23.5 Å². The van der Waals surface area contributed by atoms with Crippen LogP contribution in [-0.4, -0.2) is 11.5 Å². The molecule has 0 aliphatic heterocycles. The molecule has 0 saturated carbocycles. The molecule has 2 aromatic rings. The van der Waals surface area contributed by atoms with Gasteiger partial charge in [0.05, 0.1) is 5.01 Å². The third-order valence-corrected chi connectivity index (χ3v) is 3.95. The highest BCUT2D eigenvalue weighted by Crippen LogP contribution is 2.22. The van der Waals surface area contributed by atoms with Crippen molar-refractivity contribution in [3.63, 3.8) is 0 Å². The fourth-order valence-corrected chi connectivity index (χ4v) is 3.01. The zero-order valence-electron chi connectivity index (χ0n) is 11.5. The van der Waals surface area contributed by atoms with Gasteiger partial charge in [0.25, 0.3) is 0 Å². The van der Waals surface area contributed by atoms with Crippen LogP contribution < -0.4 is 5.32 Å². The van der Waals surface area contributed by atoms with E-state index >= 15 is 0 Å². The maximum absolute atomic E-state index is 13.5. The number of likely N-dealkylation sites (N-methyl/N-ethyl adjacent to an activating group) is 1. The monoisotopic (exact) mass is 278 g/mol. The highest BCUT2D eigenvalue weighted by atomic mass is 32.1. The Morgan fingerprint density at radius 3 is 2.68 bits per heavy atom. The Hall–Kier alpha value is -1.26. The first-order valence-corrected chi connectivity index (χ1v) is 7.38. The van der Waals surface area contributed by atoms with Gasteiger partial charge in [0, 0.05) is 23.5 Å². The van der Waals surface area contributed by atoms with Crippen molar-refractivity contribution in [3.8, 4) is 0 Å². The maximum atomic E-state index is 13.5. The summed E-state index contributed by atoms with van der Waals surface area (Å²) in [6.07, 6.45) is 0.801. The van der Waals surface area contributed by atoms with E-state index < -0.39 is 0 Å². The van der Waals surface area contributed by atoms with E-state index in [0.717, 1.165) is 34.8 Å². The van der Waals surface area contributed by atoms with Gasteiger partial charge in [-0.15, -0.1) is 11.3 Å². The van der Waals surface area contributed by atoms with E-state index in [0.29, 0.717) is 0 Å². The van der Waals surface area contributed by atoms with Gasteiger partial charge >= 0.3 is 0 Å². The van der Waals surface area contributed by atoms with Crippen molar-refractivity contribution >= 4 is 11.3 Å². The van der Waals surface area contributed by atoms with Crippen molar-refractivity contribution in [2.75, 3.05) is 6.54 Å². The fraction of sp³-hybridized carbons (Fsp3) is 0.400. The molecule has 102 valence electrons. The molecule has 0 fully saturated rings. The highest BCUT2D eigenvalue weighted by Gasteiger charge is 2.14. The van der Waals surface area contributed by atoms with Crippen molar-refractivity contribution in [1.82, 2.24) is 10.3 Å². The van der Waals surface area contributed by atoms with Gasteiger partial charge in [0.15, 0.2) is 0 Å². The normalized spacial score (nSPS) is 12.6. The second kappa shape index (κ2) is 6.26. The molecule has 0 aliphatic carbocycles. The van der Waals surface area contributed by atoms with Crippen molar-refractivity contribution < 1.29 is 4.39 Å². The molecule has 2 rings (SSSR count). The third kappa shape index (κ3) is 3.85. The number of hydrogen-bond acceptors (Lipinski definition) is 3. The van der Waals surface area contributed by atoms with Crippen molar-refractivity contribution in [3.05, 3.63) is 51.2 Å². The summed E-state index contributed by atoms with van der Waals surface area (Å²) in [6.45, 7) is 6.83. The van der Waals surface area contributed by atoms with Crippen molar-refractivity contribution in [2.24, 2.45) is 0 Å². The number of aryl methyl sites for hydroxylation is 2. The van der Waals surface area contributed by atoms with Crippen LogP contribution in [0.1, 0.15) is 34.8 Å². The van der Waals surface area contributed by atoms with Gasteiger partial charge in [-0.25, -0.2) is 9.37 Å². The lowest BCUT2D eigenvalue weighted by Gasteiger charge is -2.18. The summed E-state index contributed by atoms with van der Waals surface area (Å²) >= 11 is 1.66. The minimum Gasteiger partial charge on any atom is -0.310 e. The largest absolute Gasteiger partial charge is 0.310 e. The average Bonchev–Trinajstić information content (AvgIpc) is 2.73. The Labute approximate surface area is 117 Å². The predicted molar refractivity (Wildman–Crippen MR) is 78.1 cm³/mol. The van der Waals surface area contributed by atoms with Gasteiger partial charge in [-0.05, 0) is 43.7 Å². The van der Waals surface area contributed by atoms with Crippen LogP contribution in [-0.2, 0) is 6.42 Å². The van der Waals surface area contributed by atoms with Crippen LogP contribution in [0.5, 0.6) is 0 Å². The molecule has 0 bridgehead atoms. The first-order valence-electron chi connectivity index (χ1n) is 6.50. The molecule has 0 spiro atoms. The smallest absolute Gasteiger partial charge is 0.123 e. The van der Waals surface area contributed by atoms with Crippen LogP contribution in [0, 0.1) is 19.7 Å². The van der Waals surface area contributed by atoms with Gasteiger partial charge in [0.2, 0.25) is 0 Å². The Kier molecular flexibility index (Phi) is 4.66. The van der Waals surface area contributed by atoms with Crippen LogP contribution in [0.3, 0.4) is 0 Å². The Bertz CT molecular complexity index is 531. The number of rotatable bonds is 5. The molecule has 0 radical (unpaired) electrons. The van der Waals surface area contributed by atoms with Crippen LogP contribution in [0.25, 0.3) is 0 Å². The zero-order chi connectivity index (χ0) is 13.8. The first-order chi connectivity index (χ1) is 9.08. The second-order valence-corrected chi connectivity index (χ2v) is 5.70. The summed E-state index contributed by atoms with van der Waals surface area (Å²) in [5.74, 6) is -0.173. The van der Waals surface area contributed by atoms with Crippen LogP contribution in [0.4, 0.5) is 4.39 Å². The molecule has 2 nitrogen and oxygen atoms in total. The molecule has 4 heteroatoms. The molecule has 1 N–H and O–H groups in total. The standard InChI is InChI=1S/C15H19FN2S/c1-4-17-14(8-15-18-11(3)9-19-15)12-5-10(2)6-13(16)7-12/h5-7,9,14,17H,4,8H2,1-3H3. The summed E-state index contributed by atoms with van der Waals surface area (Å²) in [6, 6.07) is 5.32. The number of hydrogen-bond donors (Lipinski definition) is 1. The minimum atomic E-state index is -0.173. The lowest BCUT2D eigenvalue weighted by molar-refractivity contribution is 0.541. The predicted octanol–water partition coefficient (Wildman–Crippen LogP) is 3.79. The average molecular weight is 278 g/mol. The summed E-state index contributed by atoms with van der Waals surface area (Å²) in [5, 5.41) is 6.55. The van der Waals surface area contributed by atoms with Crippen LogP contribution in [0.2, 0.25) is 0 Å². The number of halogens is 1. The molecule has 1 aromatic heterocycles. The Morgan fingerprint density at radius 1 is 1.32 bits per heavy atom. The molecule has 1 atom stereocenters. The summed E-state index contributed by atoms with van der Waals surface area (Å²) in [4.78, 5) is 4.49. The van der Waals surface area contributed by atoms with Gasteiger partial charge in [-0.3, -0.25) is 0 Å². The molecular formula is C15H19FN2S. The lowest BCUT2D eigenvalue weighted by atomic mass is 10.0. The third-order valence-electron chi connectivity index (χ3n) is 2.96. The molecule has 1 unspecified atom stereocenters. The molecule has 1 heterocycles. The van der Waals surface area contributed by atoms with E-state index in [-0.39, 0.29) is 11.9 Å². The van der Waals surface area contributed by atoms with Crippen LogP contribution in [0.15, 0.2) is 23.6 Å². The second-order valence-electron chi connectivity index (χ2n) is 4.76. The fourth-order valence-electron chi connectivity index (χ4n) is 2.19. The Morgan fingerprint density at radius 2 is 2.11 bits per heavy atom. The lowest BCUT2D eigenvalue weighted by Crippen LogP contribution is -2.23. The van der Waals surface area contributed by atoms with Crippen molar-refractivity contribution in [1.29, 1.82) is 0 Å². The van der Waals surface area contributed by atoms with E-state index in [4.69, 9.17) is 0 Å². The molecule has 19 heavy (non-hydrogen) atoms. The SMILES string of the molecule is CCNC(Cc1nc(C)cs1)c1cc(C)cc(F)c1. The maximum Gasteiger partial charge on any atom is 0.123 e. The minimum absolute atomic E-state index is 0.116. The van der Waals surface area contributed by atoms with Gasteiger partial charge in [-0.1, -0.05) is 13.0 Å². The molecular weight excluding hydrogens is 259 g/mol. The zero-order valence-corrected chi connectivity index (χ0v) is 12.4.